The third kappa shape index (κ3) is 59.7. The van der Waals surface area contributed by atoms with Crippen molar-refractivity contribution in [3.8, 4) is 0 Å². The predicted molar refractivity (Wildman–Crippen MR) is 320 cm³/mol. The molecule has 0 aliphatic rings. The number of ether oxygens (including phenoxy) is 1. The van der Waals surface area contributed by atoms with Crippen molar-refractivity contribution in [2.45, 2.75) is 392 Å². The van der Waals surface area contributed by atoms with Crippen molar-refractivity contribution in [1.82, 2.24) is 5.32 Å². The van der Waals surface area contributed by atoms with Gasteiger partial charge in [0.15, 0.2) is 0 Å². The number of aliphatic hydroxyl groups is 2. The van der Waals surface area contributed by atoms with Gasteiger partial charge in [0, 0.05) is 12.8 Å². The zero-order valence-electron chi connectivity index (χ0n) is 49.6. The lowest BCUT2D eigenvalue weighted by Gasteiger charge is -2.22. The molecule has 0 aliphatic heterocycles. The Morgan fingerprint density at radius 3 is 0.973 bits per heavy atom. The third-order valence-corrected chi connectivity index (χ3v) is 15.8. The van der Waals surface area contributed by atoms with Crippen LogP contribution in [0.15, 0.2) is 12.2 Å². The maximum Gasteiger partial charge on any atom is 0.305 e. The summed E-state index contributed by atoms with van der Waals surface area (Å²) < 4.78 is 5.50. The Kier molecular flexibility index (Phi) is 61.9. The van der Waals surface area contributed by atoms with E-state index in [1.807, 2.05) is 0 Å². The first kappa shape index (κ1) is 71.6. The van der Waals surface area contributed by atoms with Gasteiger partial charge in [-0.1, -0.05) is 328 Å². The summed E-state index contributed by atoms with van der Waals surface area (Å²) in [6.45, 7) is 4.99. The maximum absolute atomic E-state index is 12.5. The molecule has 1 amide bonds. The Morgan fingerprint density at radius 2 is 0.644 bits per heavy atom. The first-order valence-corrected chi connectivity index (χ1v) is 33.4. The number of rotatable bonds is 63. The Labute approximate surface area is 457 Å². The summed E-state index contributed by atoms with van der Waals surface area (Å²) in [7, 11) is 0. The van der Waals surface area contributed by atoms with E-state index in [0.29, 0.717) is 25.9 Å². The minimum atomic E-state index is -0.668. The first-order chi connectivity index (χ1) is 36.0. The topological polar surface area (TPSA) is 95.9 Å². The Balaban J connectivity index is 3.39. The average Bonchev–Trinajstić information content (AvgIpc) is 3.39. The van der Waals surface area contributed by atoms with E-state index in [1.165, 1.54) is 308 Å². The molecule has 73 heavy (non-hydrogen) atoms. The minimum Gasteiger partial charge on any atom is -0.466 e. The molecule has 0 aromatic heterocycles. The second kappa shape index (κ2) is 63.1. The molecule has 434 valence electrons. The molecule has 0 saturated heterocycles. The lowest BCUT2D eigenvalue weighted by molar-refractivity contribution is -0.143. The molecular formula is C67H131NO5. The van der Waals surface area contributed by atoms with Crippen LogP contribution in [0.1, 0.15) is 380 Å². The second-order valence-corrected chi connectivity index (χ2v) is 23.2. The van der Waals surface area contributed by atoms with E-state index in [-0.39, 0.29) is 18.5 Å². The molecule has 0 rings (SSSR count). The molecule has 0 bridgehead atoms. The number of aliphatic hydroxyl groups excluding tert-OH is 2. The van der Waals surface area contributed by atoms with Crippen LogP contribution in [0.3, 0.4) is 0 Å². The number of nitrogens with one attached hydrogen (secondary N) is 1. The van der Waals surface area contributed by atoms with Crippen LogP contribution in [0.25, 0.3) is 0 Å². The molecular weight excluding hydrogens is 899 g/mol. The number of unbranched alkanes of at least 4 members (excludes halogenated alkanes) is 50. The van der Waals surface area contributed by atoms with Crippen molar-refractivity contribution in [2.75, 3.05) is 13.2 Å². The van der Waals surface area contributed by atoms with Gasteiger partial charge >= 0.3 is 5.97 Å². The fourth-order valence-electron chi connectivity index (χ4n) is 10.7. The van der Waals surface area contributed by atoms with Crippen molar-refractivity contribution in [3.05, 3.63) is 12.2 Å². The van der Waals surface area contributed by atoms with Crippen LogP contribution < -0.4 is 5.32 Å². The molecule has 3 N–H and O–H groups in total. The summed E-state index contributed by atoms with van der Waals surface area (Å²) in [5.41, 5.74) is 0. The third-order valence-electron chi connectivity index (χ3n) is 15.8. The Bertz CT molecular complexity index is 1100. The number of carbonyl (C=O) groups excluding carboxylic acids is 2. The van der Waals surface area contributed by atoms with E-state index < -0.39 is 12.1 Å². The van der Waals surface area contributed by atoms with Gasteiger partial charge in [0.25, 0.3) is 0 Å². The fraction of sp³-hybridized carbons (Fsp3) is 0.940. The number of carbonyl (C=O) groups is 2. The molecule has 0 saturated carbocycles. The highest BCUT2D eigenvalue weighted by atomic mass is 16.5. The minimum absolute atomic E-state index is 0.0159. The SMILES string of the molecule is CCCCCCCCCCCCCCCCCCCC(O)C(CO)NC(=O)CCCCCCCCC/C=C\CCCCCCCCCCCCCCOC(=O)CCCCCCCCCCCCCCCCCC. The van der Waals surface area contributed by atoms with E-state index in [2.05, 4.69) is 31.3 Å². The number of hydrogen-bond donors (Lipinski definition) is 3. The van der Waals surface area contributed by atoms with Crippen molar-refractivity contribution in [2.24, 2.45) is 0 Å². The Morgan fingerprint density at radius 1 is 0.370 bits per heavy atom. The van der Waals surface area contributed by atoms with Gasteiger partial charge in [-0.25, -0.2) is 0 Å². The largest absolute Gasteiger partial charge is 0.466 e. The van der Waals surface area contributed by atoms with Crippen LogP contribution in [0.2, 0.25) is 0 Å². The highest BCUT2D eigenvalue weighted by Gasteiger charge is 2.20. The summed E-state index contributed by atoms with van der Waals surface area (Å²) in [5.74, 6) is -0.0218. The van der Waals surface area contributed by atoms with E-state index in [4.69, 9.17) is 4.74 Å². The predicted octanol–water partition coefficient (Wildman–Crippen LogP) is 21.2. The van der Waals surface area contributed by atoms with Gasteiger partial charge < -0.3 is 20.3 Å². The average molecular weight is 1030 g/mol. The van der Waals surface area contributed by atoms with E-state index >= 15 is 0 Å². The number of amides is 1. The lowest BCUT2D eigenvalue weighted by atomic mass is 10.0. The van der Waals surface area contributed by atoms with E-state index in [9.17, 15) is 19.8 Å². The summed E-state index contributed by atoms with van der Waals surface area (Å²) in [6, 6.07) is -0.546. The lowest BCUT2D eigenvalue weighted by Crippen LogP contribution is -2.45. The normalized spacial score (nSPS) is 12.5. The van der Waals surface area contributed by atoms with Crippen molar-refractivity contribution < 1.29 is 24.5 Å². The number of hydrogen-bond acceptors (Lipinski definition) is 5. The molecule has 0 spiro atoms. The summed E-state index contributed by atoms with van der Waals surface area (Å²) in [5, 5.41) is 23.3. The standard InChI is InChI=1S/C67H131NO5/c1-3-5-7-9-11-13-15-17-19-28-31-35-39-43-47-51-55-59-65(70)64(63-69)68-66(71)60-56-52-48-44-40-36-32-29-26-24-22-21-23-25-27-30-34-38-42-46-50-54-58-62-73-67(72)61-57-53-49-45-41-37-33-20-18-16-14-12-10-8-6-4-2/h24,26,64-65,69-70H,3-23,25,27-63H2,1-2H3,(H,68,71)/b26-24-. The Hall–Kier alpha value is -1.40. The van der Waals surface area contributed by atoms with Gasteiger partial charge in [-0.2, -0.15) is 0 Å². The second-order valence-electron chi connectivity index (χ2n) is 23.2. The highest BCUT2D eigenvalue weighted by Crippen LogP contribution is 2.19. The van der Waals surface area contributed by atoms with E-state index in [1.54, 1.807) is 0 Å². The molecule has 0 aromatic rings. The van der Waals surface area contributed by atoms with E-state index in [0.717, 1.165) is 38.5 Å². The molecule has 0 aromatic carbocycles. The van der Waals surface area contributed by atoms with Crippen LogP contribution in [0, 0.1) is 0 Å². The molecule has 0 fully saturated rings. The first-order valence-electron chi connectivity index (χ1n) is 33.4. The maximum atomic E-state index is 12.5. The monoisotopic (exact) mass is 1030 g/mol. The summed E-state index contributed by atoms with van der Waals surface area (Å²) in [4.78, 5) is 24.6. The fourth-order valence-corrected chi connectivity index (χ4v) is 10.7. The molecule has 6 nitrogen and oxygen atoms in total. The molecule has 0 heterocycles. The zero-order chi connectivity index (χ0) is 52.9. The van der Waals surface area contributed by atoms with Crippen LogP contribution in [-0.4, -0.2) is 47.4 Å². The molecule has 6 heteroatoms. The van der Waals surface area contributed by atoms with Gasteiger partial charge in [0.2, 0.25) is 5.91 Å². The van der Waals surface area contributed by atoms with Crippen LogP contribution in [0.4, 0.5) is 0 Å². The number of esters is 1. The highest BCUT2D eigenvalue weighted by molar-refractivity contribution is 5.76. The van der Waals surface area contributed by atoms with Crippen LogP contribution >= 0.6 is 0 Å². The van der Waals surface area contributed by atoms with Crippen molar-refractivity contribution >= 4 is 11.9 Å². The summed E-state index contributed by atoms with van der Waals surface area (Å²) in [6.07, 6.45) is 76.7. The van der Waals surface area contributed by atoms with Gasteiger partial charge in [-0.3, -0.25) is 9.59 Å². The zero-order valence-corrected chi connectivity index (χ0v) is 49.6. The molecule has 2 unspecified atom stereocenters. The van der Waals surface area contributed by atoms with Gasteiger partial charge in [0.1, 0.15) is 0 Å². The van der Waals surface area contributed by atoms with Gasteiger partial charge in [-0.15, -0.1) is 0 Å². The van der Waals surface area contributed by atoms with Crippen molar-refractivity contribution in [1.29, 1.82) is 0 Å². The molecule has 2 atom stereocenters. The summed E-state index contributed by atoms with van der Waals surface area (Å²) >= 11 is 0. The van der Waals surface area contributed by atoms with Gasteiger partial charge in [-0.05, 0) is 51.4 Å². The van der Waals surface area contributed by atoms with Gasteiger partial charge in [0.05, 0.1) is 25.4 Å². The molecule has 0 aliphatic carbocycles. The number of allylic oxidation sites excluding steroid dienone is 2. The van der Waals surface area contributed by atoms with Crippen molar-refractivity contribution in [3.63, 3.8) is 0 Å². The van der Waals surface area contributed by atoms with Crippen LogP contribution in [-0.2, 0) is 14.3 Å². The van der Waals surface area contributed by atoms with Crippen LogP contribution in [0.5, 0.6) is 0 Å². The molecule has 0 radical (unpaired) electrons. The smallest absolute Gasteiger partial charge is 0.305 e. The quantitative estimate of drug-likeness (QED) is 0.0320.